The van der Waals surface area contributed by atoms with Crippen molar-refractivity contribution >= 4 is 17.9 Å². The third kappa shape index (κ3) is 65.8. The first kappa shape index (κ1) is 76.1. The number of hydrogen-bond acceptors (Lipinski definition) is 6. The Hall–Kier alpha value is -2.89. The maximum atomic E-state index is 12.9. The monoisotopic (exact) mass is 1110 g/mol. The number of unbranched alkanes of at least 4 members (excludes halogenated alkanes) is 43. The predicted molar refractivity (Wildman–Crippen MR) is 344 cm³/mol. The van der Waals surface area contributed by atoms with Gasteiger partial charge in [0.25, 0.3) is 0 Å². The summed E-state index contributed by atoms with van der Waals surface area (Å²) in [4.78, 5) is 38.3. The maximum Gasteiger partial charge on any atom is 0.306 e. The lowest BCUT2D eigenvalue weighted by atomic mass is 10.0. The molecule has 1 atom stereocenters. The van der Waals surface area contributed by atoms with Crippen molar-refractivity contribution in [3.63, 3.8) is 0 Å². The molecule has 460 valence electrons. The van der Waals surface area contributed by atoms with E-state index < -0.39 is 6.10 Å². The summed E-state index contributed by atoms with van der Waals surface area (Å²) in [5, 5.41) is 0. The second-order valence-corrected chi connectivity index (χ2v) is 23.4. The minimum atomic E-state index is -0.772. The molecule has 0 saturated carbocycles. The van der Waals surface area contributed by atoms with Crippen molar-refractivity contribution in [1.29, 1.82) is 0 Å². The highest BCUT2D eigenvalue weighted by molar-refractivity contribution is 5.71. The number of hydrogen-bond donors (Lipinski definition) is 0. The summed E-state index contributed by atoms with van der Waals surface area (Å²) in [7, 11) is 0. The van der Waals surface area contributed by atoms with Gasteiger partial charge in [-0.3, -0.25) is 14.4 Å². The highest BCUT2D eigenvalue weighted by Crippen LogP contribution is 2.18. The van der Waals surface area contributed by atoms with Crippen LogP contribution in [-0.2, 0) is 28.6 Å². The number of carbonyl (C=O) groups is 3. The van der Waals surface area contributed by atoms with Crippen LogP contribution in [0, 0.1) is 0 Å². The number of rotatable bonds is 64. The van der Waals surface area contributed by atoms with Crippen LogP contribution in [0.25, 0.3) is 0 Å². The molecule has 79 heavy (non-hydrogen) atoms. The standard InChI is InChI=1S/C73H132O6/c1-4-7-10-13-16-19-22-24-26-28-29-30-31-32-33-34-35-36-37-38-39-40-41-42-43-45-46-48-51-54-57-60-63-66-72(75)78-69-70(68-77-71(74)65-62-59-56-53-50-21-18-15-12-9-6-3)79-73(76)67-64-61-58-55-52-49-47-44-27-25-23-20-17-14-11-8-5-2/h7,10,16,19,24-27,29-30,70H,4-6,8-9,11-15,17-18,20-23,28,31-69H2,1-3H3/b10-7-,19-16-,26-24-,27-25-,30-29-. The summed E-state index contributed by atoms with van der Waals surface area (Å²) in [5.41, 5.74) is 0. The lowest BCUT2D eigenvalue weighted by Gasteiger charge is -2.18. The fraction of sp³-hybridized carbons (Fsp3) is 0.822. The Morgan fingerprint density at radius 1 is 0.266 bits per heavy atom. The van der Waals surface area contributed by atoms with Gasteiger partial charge in [0.2, 0.25) is 0 Å². The van der Waals surface area contributed by atoms with Crippen molar-refractivity contribution in [1.82, 2.24) is 0 Å². The van der Waals surface area contributed by atoms with Crippen molar-refractivity contribution in [3.05, 3.63) is 60.8 Å². The molecule has 0 aliphatic carbocycles. The van der Waals surface area contributed by atoms with E-state index in [1.165, 1.54) is 244 Å². The Morgan fingerprint density at radius 2 is 0.494 bits per heavy atom. The molecule has 0 bridgehead atoms. The molecule has 0 aliphatic heterocycles. The number of ether oxygens (including phenoxy) is 3. The first-order chi connectivity index (χ1) is 39.0. The summed E-state index contributed by atoms with van der Waals surface area (Å²) in [5.74, 6) is -0.851. The molecule has 6 nitrogen and oxygen atoms in total. The number of allylic oxidation sites excluding steroid dienone is 10. The molecular weight excluding hydrogens is 973 g/mol. The van der Waals surface area contributed by atoms with Crippen LogP contribution < -0.4 is 0 Å². The van der Waals surface area contributed by atoms with Crippen LogP contribution >= 0.6 is 0 Å². The molecule has 6 heteroatoms. The van der Waals surface area contributed by atoms with Crippen LogP contribution in [-0.4, -0.2) is 37.2 Å². The Kier molecular flexibility index (Phi) is 65.1. The van der Waals surface area contributed by atoms with E-state index in [-0.39, 0.29) is 31.1 Å². The molecule has 0 aromatic rings. The Labute approximate surface area is 491 Å². The van der Waals surface area contributed by atoms with Gasteiger partial charge >= 0.3 is 17.9 Å². The third-order valence-corrected chi connectivity index (χ3v) is 15.5. The molecule has 0 aliphatic rings. The van der Waals surface area contributed by atoms with Crippen LogP contribution in [0.5, 0.6) is 0 Å². The molecular formula is C73H132O6. The van der Waals surface area contributed by atoms with E-state index in [0.29, 0.717) is 19.3 Å². The van der Waals surface area contributed by atoms with Gasteiger partial charge in [0.05, 0.1) is 0 Å². The minimum absolute atomic E-state index is 0.0695. The molecule has 0 amide bonds. The van der Waals surface area contributed by atoms with Crippen molar-refractivity contribution < 1.29 is 28.6 Å². The lowest BCUT2D eigenvalue weighted by Crippen LogP contribution is -2.30. The van der Waals surface area contributed by atoms with Gasteiger partial charge in [-0.1, -0.05) is 326 Å². The molecule has 0 radical (unpaired) electrons. The van der Waals surface area contributed by atoms with E-state index in [1.54, 1.807) is 0 Å². The summed E-state index contributed by atoms with van der Waals surface area (Å²) in [6, 6.07) is 0. The van der Waals surface area contributed by atoms with E-state index in [2.05, 4.69) is 81.5 Å². The SMILES string of the molecule is CC/C=C\C/C=C\C/C=C\C/C=C\CCCCCCCCCCCCCCCCCCCCCCC(=O)OCC(COC(=O)CCCCCCCCCCCCC)OC(=O)CCCCCCCCC/C=C\CCCCCCCC. The smallest absolute Gasteiger partial charge is 0.306 e. The summed E-state index contributed by atoms with van der Waals surface area (Å²) >= 11 is 0. The quantitative estimate of drug-likeness (QED) is 0.0261. The zero-order valence-electron chi connectivity index (χ0n) is 52.9. The number of carbonyl (C=O) groups excluding carboxylic acids is 3. The van der Waals surface area contributed by atoms with Gasteiger partial charge < -0.3 is 14.2 Å². The highest BCUT2D eigenvalue weighted by atomic mass is 16.6. The van der Waals surface area contributed by atoms with Crippen molar-refractivity contribution in [2.75, 3.05) is 13.2 Å². The van der Waals surface area contributed by atoms with Crippen molar-refractivity contribution in [3.8, 4) is 0 Å². The normalized spacial score (nSPS) is 12.4. The zero-order valence-corrected chi connectivity index (χ0v) is 52.9. The summed E-state index contributed by atoms with van der Waals surface area (Å²) in [6.07, 6.45) is 86.9. The molecule has 0 N–H and O–H groups in total. The molecule has 0 aromatic carbocycles. The van der Waals surface area contributed by atoms with Gasteiger partial charge in [0.15, 0.2) is 6.10 Å². The van der Waals surface area contributed by atoms with Gasteiger partial charge in [0, 0.05) is 19.3 Å². The average molecular weight is 1110 g/mol. The van der Waals surface area contributed by atoms with Crippen molar-refractivity contribution in [2.24, 2.45) is 0 Å². The summed E-state index contributed by atoms with van der Waals surface area (Å²) in [6.45, 7) is 6.57. The second kappa shape index (κ2) is 67.6. The predicted octanol–water partition coefficient (Wildman–Crippen LogP) is 23.9. The molecule has 0 spiro atoms. The van der Waals surface area contributed by atoms with Crippen LogP contribution in [0.15, 0.2) is 60.8 Å². The maximum absolute atomic E-state index is 12.9. The second-order valence-electron chi connectivity index (χ2n) is 23.4. The van der Waals surface area contributed by atoms with Crippen LogP contribution in [0.3, 0.4) is 0 Å². The molecule has 0 heterocycles. The molecule has 0 fully saturated rings. The first-order valence-corrected chi connectivity index (χ1v) is 34.8. The molecule has 0 rings (SSSR count). The van der Waals surface area contributed by atoms with E-state index >= 15 is 0 Å². The molecule has 0 saturated heterocycles. The van der Waals surface area contributed by atoms with Crippen LogP contribution in [0.2, 0.25) is 0 Å². The lowest BCUT2D eigenvalue weighted by molar-refractivity contribution is -0.167. The van der Waals surface area contributed by atoms with Crippen molar-refractivity contribution in [2.45, 2.75) is 374 Å². The summed E-state index contributed by atoms with van der Waals surface area (Å²) < 4.78 is 16.9. The van der Waals surface area contributed by atoms with Gasteiger partial charge in [0.1, 0.15) is 13.2 Å². The van der Waals surface area contributed by atoms with E-state index in [1.807, 2.05) is 0 Å². The van der Waals surface area contributed by atoms with Crippen LogP contribution in [0.1, 0.15) is 367 Å². The van der Waals surface area contributed by atoms with E-state index in [9.17, 15) is 14.4 Å². The first-order valence-electron chi connectivity index (χ1n) is 34.8. The zero-order chi connectivity index (χ0) is 57.1. The fourth-order valence-electron chi connectivity index (χ4n) is 10.3. The van der Waals surface area contributed by atoms with Crippen LogP contribution in [0.4, 0.5) is 0 Å². The highest BCUT2D eigenvalue weighted by Gasteiger charge is 2.19. The largest absolute Gasteiger partial charge is 0.462 e. The number of esters is 3. The fourth-order valence-corrected chi connectivity index (χ4v) is 10.3. The third-order valence-electron chi connectivity index (χ3n) is 15.5. The Morgan fingerprint density at radius 3 is 0.785 bits per heavy atom. The van der Waals surface area contributed by atoms with E-state index in [4.69, 9.17) is 14.2 Å². The average Bonchev–Trinajstić information content (AvgIpc) is 3.45. The van der Waals surface area contributed by atoms with E-state index in [0.717, 1.165) is 83.5 Å². The van der Waals surface area contributed by atoms with Gasteiger partial charge in [-0.25, -0.2) is 0 Å². The van der Waals surface area contributed by atoms with Gasteiger partial charge in [-0.05, 0) is 83.5 Å². The van der Waals surface area contributed by atoms with Gasteiger partial charge in [-0.2, -0.15) is 0 Å². The molecule has 0 aromatic heterocycles. The Bertz CT molecular complexity index is 1410. The van der Waals surface area contributed by atoms with Gasteiger partial charge in [-0.15, -0.1) is 0 Å². The minimum Gasteiger partial charge on any atom is -0.462 e. The topological polar surface area (TPSA) is 78.9 Å². The Balaban J connectivity index is 4.09. The molecule has 1 unspecified atom stereocenters.